The van der Waals surface area contributed by atoms with E-state index in [0.717, 1.165) is 32.7 Å². The van der Waals surface area contributed by atoms with E-state index in [9.17, 15) is 0 Å². The summed E-state index contributed by atoms with van der Waals surface area (Å²) in [6.45, 7) is 9.78. The van der Waals surface area contributed by atoms with Crippen LogP contribution in [0.3, 0.4) is 0 Å². The smallest absolute Gasteiger partial charge is 0.0794 e. The topological polar surface area (TPSA) is 44.0 Å². The highest BCUT2D eigenvalue weighted by molar-refractivity contribution is 5.27. The molecule has 0 amide bonds. The number of hydrogen-bond acceptors (Lipinski definition) is 3. The van der Waals surface area contributed by atoms with E-state index in [1.54, 1.807) is 0 Å². The van der Waals surface area contributed by atoms with Crippen molar-refractivity contribution in [3.05, 3.63) is 17.0 Å². The van der Waals surface area contributed by atoms with Crippen molar-refractivity contribution in [1.82, 2.24) is 20.4 Å². The first-order valence-corrected chi connectivity index (χ1v) is 7.33. The molecule has 0 saturated carbocycles. The van der Waals surface area contributed by atoms with Gasteiger partial charge in [-0.3, -0.25) is 5.10 Å². The predicted octanol–water partition coefficient (Wildman–Crippen LogP) is 1.72. The van der Waals surface area contributed by atoms with Crippen LogP contribution in [0.25, 0.3) is 0 Å². The molecule has 4 heteroatoms. The summed E-state index contributed by atoms with van der Waals surface area (Å²) in [4.78, 5) is 2.44. The summed E-state index contributed by atoms with van der Waals surface area (Å²) < 4.78 is 0. The van der Waals surface area contributed by atoms with Gasteiger partial charge in [0.15, 0.2) is 0 Å². The minimum atomic E-state index is 0.910. The van der Waals surface area contributed by atoms with E-state index < -0.39 is 0 Å². The quantitative estimate of drug-likeness (QED) is 0.724. The summed E-state index contributed by atoms with van der Waals surface area (Å²) >= 11 is 0. The highest BCUT2D eigenvalue weighted by Crippen LogP contribution is 2.21. The second-order valence-electron chi connectivity index (χ2n) is 5.04. The van der Waals surface area contributed by atoms with E-state index in [4.69, 9.17) is 0 Å². The third kappa shape index (κ3) is 3.33. The molecule has 18 heavy (non-hydrogen) atoms. The van der Waals surface area contributed by atoms with Crippen molar-refractivity contribution < 1.29 is 0 Å². The number of H-pyrrole nitrogens is 1. The summed E-state index contributed by atoms with van der Waals surface area (Å²) in [5.41, 5.74) is 4.10. The van der Waals surface area contributed by atoms with E-state index in [-0.39, 0.29) is 0 Å². The molecule has 1 aromatic heterocycles. The lowest BCUT2D eigenvalue weighted by molar-refractivity contribution is 0.302. The molecule has 0 fully saturated rings. The van der Waals surface area contributed by atoms with Crippen molar-refractivity contribution in [2.24, 2.45) is 0 Å². The Morgan fingerprint density at radius 2 is 2.00 bits per heavy atom. The van der Waals surface area contributed by atoms with Crippen LogP contribution in [0.4, 0.5) is 0 Å². The lowest BCUT2D eigenvalue weighted by Gasteiger charge is -2.18. The SMILES string of the molecule is CCN(CC)CCNCc1n[nH]c2c1CCCC2. The zero-order valence-corrected chi connectivity index (χ0v) is 11.8. The molecule has 0 radical (unpaired) electrons. The van der Waals surface area contributed by atoms with Gasteiger partial charge in [-0.15, -0.1) is 0 Å². The molecule has 1 aliphatic rings. The van der Waals surface area contributed by atoms with Gasteiger partial charge in [-0.2, -0.15) is 5.10 Å². The third-order valence-electron chi connectivity index (χ3n) is 3.93. The average molecular weight is 250 g/mol. The fourth-order valence-electron chi connectivity index (χ4n) is 2.68. The molecule has 1 aromatic rings. The van der Waals surface area contributed by atoms with Crippen LogP contribution in [0, 0.1) is 0 Å². The molecular weight excluding hydrogens is 224 g/mol. The molecule has 1 aliphatic carbocycles. The van der Waals surface area contributed by atoms with E-state index in [0.29, 0.717) is 0 Å². The first-order valence-electron chi connectivity index (χ1n) is 7.33. The number of aromatic nitrogens is 2. The van der Waals surface area contributed by atoms with Gasteiger partial charge in [0.2, 0.25) is 0 Å². The molecule has 0 unspecified atom stereocenters. The van der Waals surface area contributed by atoms with E-state index in [2.05, 4.69) is 34.3 Å². The normalized spacial score (nSPS) is 15.1. The summed E-state index contributed by atoms with van der Waals surface area (Å²) in [5, 5.41) is 11.2. The number of rotatable bonds is 7. The van der Waals surface area contributed by atoms with Crippen molar-refractivity contribution in [2.45, 2.75) is 46.1 Å². The number of aryl methyl sites for hydroxylation is 1. The number of nitrogens with one attached hydrogen (secondary N) is 2. The largest absolute Gasteiger partial charge is 0.310 e. The minimum Gasteiger partial charge on any atom is -0.310 e. The zero-order valence-electron chi connectivity index (χ0n) is 11.8. The Hall–Kier alpha value is -0.870. The lowest BCUT2D eigenvalue weighted by atomic mass is 9.96. The first kappa shape index (κ1) is 13.6. The van der Waals surface area contributed by atoms with Crippen molar-refractivity contribution in [1.29, 1.82) is 0 Å². The fraction of sp³-hybridized carbons (Fsp3) is 0.786. The van der Waals surface area contributed by atoms with Crippen LogP contribution >= 0.6 is 0 Å². The summed E-state index contributed by atoms with van der Waals surface area (Å²) in [5.74, 6) is 0. The predicted molar refractivity (Wildman–Crippen MR) is 74.7 cm³/mol. The second-order valence-corrected chi connectivity index (χ2v) is 5.04. The minimum absolute atomic E-state index is 0.910. The van der Waals surface area contributed by atoms with E-state index in [1.807, 2.05) is 0 Å². The third-order valence-corrected chi connectivity index (χ3v) is 3.93. The molecule has 0 spiro atoms. The van der Waals surface area contributed by atoms with Gasteiger partial charge in [-0.05, 0) is 44.3 Å². The van der Waals surface area contributed by atoms with E-state index in [1.165, 1.54) is 42.6 Å². The number of aromatic amines is 1. The fourth-order valence-corrected chi connectivity index (χ4v) is 2.68. The Bertz CT molecular complexity index is 355. The van der Waals surface area contributed by atoms with Gasteiger partial charge in [0.05, 0.1) is 5.69 Å². The van der Waals surface area contributed by atoms with Crippen LogP contribution in [0.5, 0.6) is 0 Å². The molecule has 2 N–H and O–H groups in total. The Morgan fingerprint density at radius 3 is 2.78 bits per heavy atom. The Labute approximate surface area is 110 Å². The van der Waals surface area contributed by atoms with Gasteiger partial charge >= 0.3 is 0 Å². The molecule has 4 nitrogen and oxygen atoms in total. The summed E-state index contributed by atoms with van der Waals surface area (Å²) in [6.07, 6.45) is 5.02. The van der Waals surface area contributed by atoms with Gasteiger partial charge in [0, 0.05) is 25.3 Å². The molecule has 102 valence electrons. The van der Waals surface area contributed by atoms with Crippen molar-refractivity contribution in [3.8, 4) is 0 Å². The average Bonchev–Trinajstić information content (AvgIpc) is 2.82. The van der Waals surface area contributed by atoms with E-state index >= 15 is 0 Å². The summed E-state index contributed by atoms with van der Waals surface area (Å²) in [7, 11) is 0. The number of fused-ring (bicyclic) bond motifs is 1. The van der Waals surface area contributed by atoms with Gasteiger partial charge < -0.3 is 10.2 Å². The number of nitrogens with zero attached hydrogens (tertiary/aromatic N) is 2. The molecule has 0 aliphatic heterocycles. The lowest BCUT2D eigenvalue weighted by Crippen LogP contribution is -2.31. The van der Waals surface area contributed by atoms with Gasteiger partial charge in [-0.25, -0.2) is 0 Å². The highest BCUT2D eigenvalue weighted by Gasteiger charge is 2.15. The Balaban J connectivity index is 1.75. The van der Waals surface area contributed by atoms with Gasteiger partial charge in [0.25, 0.3) is 0 Å². The molecule has 0 atom stereocenters. The Kier molecular flexibility index (Phi) is 5.20. The maximum absolute atomic E-state index is 4.45. The van der Waals surface area contributed by atoms with Crippen molar-refractivity contribution in [3.63, 3.8) is 0 Å². The van der Waals surface area contributed by atoms with Crippen LogP contribution in [0.1, 0.15) is 43.6 Å². The van der Waals surface area contributed by atoms with Crippen LogP contribution in [0.2, 0.25) is 0 Å². The monoisotopic (exact) mass is 250 g/mol. The van der Waals surface area contributed by atoms with Crippen molar-refractivity contribution >= 4 is 0 Å². The molecule has 2 rings (SSSR count). The first-order chi connectivity index (χ1) is 8.85. The van der Waals surface area contributed by atoms with Crippen LogP contribution < -0.4 is 5.32 Å². The maximum atomic E-state index is 4.45. The molecule has 0 saturated heterocycles. The van der Waals surface area contributed by atoms with Crippen LogP contribution in [0.15, 0.2) is 0 Å². The van der Waals surface area contributed by atoms with Crippen LogP contribution in [-0.2, 0) is 19.4 Å². The standard InChI is InChI=1S/C14H26N4/c1-3-18(4-2)10-9-15-11-14-12-7-5-6-8-13(12)16-17-14/h15H,3-11H2,1-2H3,(H,16,17). The number of likely N-dealkylation sites (N-methyl/N-ethyl adjacent to an activating group) is 1. The van der Waals surface area contributed by atoms with Crippen LogP contribution in [-0.4, -0.2) is 41.3 Å². The zero-order chi connectivity index (χ0) is 12.8. The molecule has 0 aromatic carbocycles. The summed E-state index contributed by atoms with van der Waals surface area (Å²) in [6, 6.07) is 0. The van der Waals surface area contributed by atoms with Gasteiger partial charge in [-0.1, -0.05) is 13.8 Å². The second kappa shape index (κ2) is 6.90. The Morgan fingerprint density at radius 1 is 1.22 bits per heavy atom. The number of hydrogen-bond donors (Lipinski definition) is 2. The molecular formula is C14H26N4. The van der Waals surface area contributed by atoms with Crippen molar-refractivity contribution in [2.75, 3.05) is 26.2 Å². The molecule has 0 bridgehead atoms. The van der Waals surface area contributed by atoms with Gasteiger partial charge in [0.1, 0.15) is 0 Å². The highest BCUT2D eigenvalue weighted by atomic mass is 15.1. The molecule has 1 heterocycles. The maximum Gasteiger partial charge on any atom is 0.0794 e.